The highest BCUT2D eigenvalue weighted by atomic mass is 16.6. The van der Waals surface area contributed by atoms with E-state index in [1.165, 1.54) is 0 Å². The third kappa shape index (κ3) is 10.9. The van der Waals surface area contributed by atoms with E-state index in [1.807, 2.05) is 0 Å². The average molecular weight is 344 g/mol. The van der Waals surface area contributed by atoms with Crippen molar-refractivity contribution >= 4 is 18.0 Å². The van der Waals surface area contributed by atoms with Gasteiger partial charge in [-0.25, -0.2) is 9.59 Å². The van der Waals surface area contributed by atoms with E-state index in [4.69, 9.17) is 9.47 Å². The van der Waals surface area contributed by atoms with Crippen molar-refractivity contribution < 1.29 is 23.9 Å². The largest absolute Gasteiger partial charge is 0.447 e. The Kier molecular flexibility index (Phi) is 9.40. The van der Waals surface area contributed by atoms with E-state index in [1.54, 1.807) is 48.5 Å². The Morgan fingerprint density at radius 1 is 1.00 bits per heavy atom. The van der Waals surface area contributed by atoms with Crippen molar-refractivity contribution in [3.8, 4) is 0 Å². The second-order valence-corrected chi connectivity index (χ2v) is 7.28. The molecule has 0 fully saturated rings. The molecule has 2 N–H and O–H groups in total. The zero-order valence-corrected chi connectivity index (χ0v) is 15.9. The first-order valence-corrected chi connectivity index (χ1v) is 8.40. The third-order valence-corrected chi connectivity index (χ3v) is 2.89. The molecule has 0 aliphatic carbocycles. The molecule has 0 aromatic heterocycles. The standard InChI is InChI=1S/C17H32N2O5/c1-11(2)14(20)13(19-16(22)23-12(3)4)9-8-10-18-15(21)24-17(5,6)7/h11-13H,8-10H2,1-7H3,(H,18,21)(H,19,22)/t13-/m0/s1. The zero-order valence-electron chi connectivity index (χ0n) is 15.9. The Bertz CT molecular complexity index is 427. The fourth-order valence-corrected chi connectivity index (χ4v) is 1.89. The number of rotatable bonds is 8. The summed E-state index contributed by atoms with van der Waals surface area (Å²) in [6.45, 7) is 12.8. The number of nitrogens with one attached hydrogen (secondary N) is 2. The van der Waals surface area contributed by atoms with Gasteiger partial charge in [0.2, 0.25) is 0 Å². The lowest BCUT2D eigenvalue weighted by Gasteiger charge is -2.21. The van der Waals surface area contributed by atoms with E-state index in [0.29, 0.717) is 19.4 Å². The van der Waals surface area contributed by atoms with Crippen LogP contribution < -0.4 is 10.6 Å². The van der Waals surface area contributed by atoms with Crippen LogP contribution in [0.2, 0.25) is 0 Å². The van der Waals surface area contributed by atoms with E-state index in [0.717, 1.165) is 0 Å². The Morgan fingerprint density at radius 2 is 1.58 bits per heavy atom. The summed E-state index contributed by atoms with van der Waals surface area (Å²) in [6, 6.07) is -0.628. The fraction of sp³-hybridized carbons (Fsp3) is 0.824. The molecule has 0 aromatic carbocycles. The van der Waals surface area contributed by atoms with Gasteiger partial charge in [-0.3, -0.25) is 4.79 Å². The molecule has 0 radical (unpaired) electrons. The second kappa shape index (κ2) is 10.2. The predicted octanol–water partition coefficient (Wildman–Crippen LogP) is 3.02. The molecule has 7 nitrogen and oxygen atoms in total. The van der Waals surface area contributed by atoms with Gasteiger partial charge in [0, 0.05) is 12.5 Å². The minimum atomic E-state index is -0.628. The number of carbonyl (C=O) groups excluding carboxylic acids is 3. The molecule has 0 unspecified atom stereocenters. The van der Waals surface area contributed by atoms with Crippen LogP contribution in [0.3, 0.4) is 0 Å². The van der Waals surface area contributed by atoms with Crippen molar-refractivity contribution in [2.45, 2.75) is 79.1 Å². The normalized spacial score (nSPS) is 12.7. The third-order valence-electron chi connectivity index (χ3n) is 2.89. The van der Waals surface area contributed by atoms with Gasteiger partial charge < -0.3 is 20.1 Å². The number of hydrogen-bond acceptors (Lipinski definition) is 5. The maximum atomic E-state index is 12.2. The number of ether oxygens (including phenoxy) is 2. The average Bonchev–Trinajstić information content (AvgIpc) is 2.38. The highest BCUT2D eigenvalue weighted by Crippen LogP contribution is 2.08. The van der Waals surface area contributed by atoms with Crippen LogP contribution in [0, 0.1) is 5.92 Å². The zero-order chi connectivity index (χ0) is 18.9. The van der Waals surface area contributed by atoms with E-state index < -0.39 is 23.8 Å². The topological polar surface area (TPSA) is 93.7 Å². The van der Waals surface area contributed by atoms with Crippen LogP contribution in [0.5, 0.6) is 0 Å². The summed E-state index contributed by atoms with van der Waals surface area (Å²) in [4.78, 5) is 35.5. The second-order valence-electron chi connectivity index (χ2n) is 7.28. The molecule has 0 heterocycles. The highest BCUT2D eigenvalue weighted by molar-refractivity contribution is 5.88. The Morgan fingerprint density at radius 3 is 2.04 bits per heavy atom. The van der Waals surface area contributed by atoms with Crippen LogP contribution in [0.1, 0.15) is 61.3 Å². The minimum Gasteiger partial charge on any atom is -0.447 e. The van der Waals surface area contributed by atoms with Crippen LogP contribution in [-0.2, 0) is 14.3 Å². The number of carbonyl (C=O) groups is 3. The molecule has 0 saturated heterocycles. The molecule has 140 valence electrons. The van der Waals surface area contributed by atoms with Gasteiger partial charge in [0.15, 0.2) is 5.78 Å². The number of amides is 2. The number of hydrogen-bond donors (Lipinski definition) is 2. The lowest BCUT2D eigenvalue weighted by atomic mass is 9.98. The quantitative estimate of drug-likeness (QED) is 0.660. The van der Waals surface area contributed by atoms with Crippen LogP contribution in [0.4, 0.5) is 9.59 Å². The molecular formula is C17H32N2O5. The maximum absolute atomic E-state index is 12.2. The smallest absolute Gasteiger partial charge is 0.407 e. The molecule has 1 atom stereocenters. The molecule has 0 spiro atoms. The molecule has 2 amide bonds. The molecule has 0 rings (SSSR count). The first-order chi connectivity index (χ1) is 10.9. The van der Waals surface area contributed by atoms with Gasteiger partial charge in [0.05, 0.1) is 12.1 Å². The molecular weight excluding hydrogens is 312 g/mol. The summed E-state index contributed by atoms with van der Waals surface area (Å²) < 4.78 is 10.1. The van der Waals surface area contributed by atoms with Crippen LogP contribution in [-0.4, -0.2) is 42.3 Å². The van der Waals surface area contributed by atoms with Gasteiger partial charge in [-0.15, -0.1) is 0 Å². The first-order valence-electron chi connectivity index (χ1n) is 8.40. The van der Waals surface area contributed by atoms with Gasteiger partial charge in [0.25, 0.3) is 0 Å². The number of alkyl carbamates (subject to hydrolysis) is 2. The summed E-state index contributed by atoms with van der Waals surface area (Å²) >= 11 is 0. The Balaban J connectivity index is 4.39. The van der Waals surface area contributed by atoms with E-state index in [-0.39, 0.29) is 17.8 Å². The minimum absolute atomic E-state index is 0.0621. The molecule has 0 bridgehead atoms. The van der Waals surface area contributed by atoms with E-state index >= 15 is 0 Å². The van der Waals surface area contributed by atoms with Crippen molar-refractivity contribution in [2.24, 2.45) is 5.92 Å². The monoisotopic (exact) mass is 344 g/mol. The Hall–Kier alpha value is -1.79. The van der Waals surface area contributed by atoms with E-state index in [2.05, 4.69) is 10.6 Å². The predicted molar refractivity (Wildman–Crippen MR) is 91.9 cm³/mol. The molecule has 7 heteroatoms. The molecule has 0 aliphatic heterocycles. The van der Waals surface area contributed by atoms with Gasteiger partial charge >= 0.3 is 12.2 Å². The summed E-state index contributed by atoms with van der Waals surface area (Å²) in [7, 11) is 0. The molecule has 0 saturated carbocycles. The van der Waals surface area contributed by atoms with Crippen molar-refractivity contribution in [1.29, 1.82) is 0 Å². The van der Waals surface area contributed by atoms with Crippen LogP contribution in [0.15, 0.2) is 0 Å². The van der Waals surface area contributed by atoms with Crippen molar-refractivity contribution in [3.05, 3.63) is 0 Å². The summed E-state index contributed by atoms with van der Waals surface area (Å²) in [5, 5.41) is 5.23. The molecule has 0 aromatic rings. The Labute approximate surface area is 144 Å². The van der Waals surface area contributed by atoms with Gasteiger partial charge in [-0.1, -0.05) is 13.8 Å². The van der Waals surface area contributed by atoms with Crippen LogP contribution >= 0.6 is 0 Å². The molecule has 0 aliphatic rings. The van der Waals surface area contributed by atoms with Gasteiger partial charge in [0.1, 0.15) is 5.60 Å². The number of Topliss-reactive ketones (excluding diaryl/α,β-unsaturated/α-hetero) is 1. The SMILES string of the molecule is CC(C)OC(=O)N[C@@H](CCCNC(=O)OC(C)(C)C)C(=O)C(C)C. The lowest BCUT2D eigenvalue weighted by Crippen LogP contribution is -2.44. The maximum Gasteiger partial charge on any atom is 0.407 e. The van der Waals surface area contributed by atoms with Crippen LogP contribution in [0.25, 0.3) is 0 Å². The van der Waals surface area contributed by atoms with Crippen molar-refractivity contribution in [3.63, 3.8) is 0 Å². The van der Waals surface area contributed by atoms with Gasteiger partial charge in [-0.05, 0) is 47.5 Å². The van der Waals surface area contributed by atoms with E-state index in [9.17, 15) is 14.4 Å². The highest BCUT2D eigenvalue weighted by Gasteiger charge is 2.24. The summed E-state index contributed by atoms with van der Waals surface area (Å²) in [5.41, 5.74) is -0.553. The van der Waals surface area contributed by atoms with Crippen molar-refractivity contribution in [1.82, 2.24) is 10.6 Å². The first kappa shape index (κ1) is 22.2. The lowest BCUT2D eigenvalue weighted by molar-refractivity contribution is -0.124. The van der Waals surface area contributed by atoms with Crippen molar-refractivity contribution in [2.75, 3.05) is 6.54 Å². The molecule has 24 heavy (non-hydrogen) atoms. The summed E-state index contributed by atoms with van der Waals surface area (Å²) in [6.07, 6.45) is -0.413. The summed E-state index contributed by atoms with van der Waals surface area (Å²) in [5.74, 6) is -0.263. The van der Waals surface area contributed by atoms with Gasteiger partial charge in [-0.2, -0.15) is 0 Å². The fourth-order valence-electron chi connectivity index (χ4n) is 1.89. The number of ketones is 1.